The van der Waals surface area contributed by atoms with Crippen LogP contribution in [0.2, 0.25) is 0 Å². The zero-order chi connectivity index (χ0) is 14.5. The number of allylic oxidation sites excluding steroid dienone is 1. The van der Waals surface area contributed by atoms with Crippen LogP contribution < -0.4 is 5.32 Å². The fourth-order valence-electron chi connectivity index (χ4n) is 1.89. The van der Waals surface area contributed by atoms with Gasteiger partial charge in [-0.1, -0.05) is 47.3 Å². The number of aryl methyl sites for hydroxylation is 1. The summed E-state index contributed by atoms with van der Waals surface area (Å²) in [6.45, 7) is 19.0. The molecule has 0 fully saturated rings. The van der Waals surface area contributed by atoms with Crippen LogP contribution >= 0.6 is 0 Å². The van der Waals surface area contributed by atoms with Gasteiger partial charge >= 0.3 is 0 Å². The minimum absolute atomic E-state index is 0.182. The van der Waals surface area contributed by atoms with Crippen LogP contribution in [0.3, 0.4) is 0 Å². The Labute approximate surface area is 113 Å². The van der Waals surface area contributed by atoms with Crippen molar-refractivity contribution in [1.82, 2.24) is 0 Å². The van der Waals surface area contributed by atoms with E-state index in [-0.39, 0.29) is 5.41 Å². The minimum atomic E-state index is 0.182. The first-order valence-electron chi connectivity index (χ1n) is 6.76. The van der Waals surface area contributed by atoms with Gasteiger partial charge in [0.15, 0.2) is 0 Å². The molecule has 1 nitrogen and oxygen atoms in total. The Bertz CT molecular complexity index is 408. The second kappa shape index (κ2) is 6.63. The third-order valence-electron chi connectivity index (χ3n) is 2.91. The van der Waals surface area contributed by atoms with E-state index >= 15 is 0 Å². The van der Waals surface area contributed by atoms with E-state index in [2.05, 4.69) is 58.6 Å². The highest BCUT2D eigenvalue weighted by atomic mass is 14.8. The van der Waals surface area contributed by atoms with Crippen molar-refractivity contribution in [3.05, 3.63) is 35.4 Å². The molecule has 0 atom stereocenters. The van der Waals surface area contributed by atoms with Crippen LogP contribution in [0.25, 0.3) is 5.57 Å². The predicted octanol–water partition coefficient (Wildman–Crippen LogP) is 5.39. The normalized spacial score (nSPS) is 10.4. The van der Waals surface area contributed by atoms with E-state index < -0.39 is 0 Å². The zero-order valence-corrected chi connectivity index (χ0v) is 13.4. The maximum absolute atomic E-state index is 4.06. The lowest BCUT2D eigenvalue weighted by atomic mass is 9.84. The third-order valence-corrected chi connectivity index (χ3v) is 2.91. The van der Waals surface area contributed by atoms with E-state index in [1.165, 1.54) is 22.4 Å². The van der Waals surface area contributed by atoms with Crippen LogP contribution in [0.5, 0.6) is 0 Å². The number of nitrogens with one attached hydrogen (secondary N) is 1. The van der Waals surface area contributed by atoms with Crippen LogP contribution in [0.1, 0.15) is 58.2 Å². The van der Waals surface area contributed by atoms with Gasteiger partial charge in [-0.05, 0) is 42.0 Å². The van der Waals surface area contributed by atoms with Crippen LogP contribution in [0, 0.1) is 6.92 Å². The van der Waals surface area contributed by atoms with E-state index in [9.17, 15) is 0 Å². The van der Waals surface area contributed by atoms with Gasteiger partial charge in [0.25, 0.3) is 0 Å². The van der Waals surface area contributed by atoms with Gasteiger partial charge in [0.1, 0.15) is 0 Å². The first-order valence-corrected chi connectivity index (χ1v) is 6.76. The van der Waals surface area contributed by atoms with Gasteiger partial charge in [-0.25, -0.2) is 0 Å². The molecule has 0 amide bonds. The van der Waals surface area contributed by atoms with Gasteiger partial charge in [0.05, 0.1) is 0 Å². The van der Waals surface area contributed by atoms with Crippen molar-refractivity contribution in [3.8, 4) is 0 Å². The van der Waals surface area contributed by atoms with Gasteiger partial charge in [-0.2, -0.15) is 0 Å². The molecule has 0 heterocycles. The van der Waals surface area contributed by atoms with Gasteiger partial charge in [-0.3, -0.25) is 0 Å². The summed E-state index contributed by atoms with van der Waals surface area (Å²) < 4.78 is 0. The van der Waals surface area contributed by atoms with Crippen LogP contribution in [-0.4, -0.2) is 7.05 Å². The number of benzene rings is 1. The van der Waals surface area contributed by atoms with E-state index in [4.69, 9.17) is 0 Å². The lowest BCUT2D eigenvalue weighted by Gasteiger charge is -2.23. The SMILES string of the molecule is C=C(C)c1cc(C(C)(C)C)cc(C)c1NC.CC. The molecule has 0 spiro atoms. The van der Waals surface area contributed by atoms with E-state index in [0.717, 1.165) is 5.57 Å². The quantitative estimate of drug-likeness (QED) is 0.738. The Hall–Kier alpha value is -1.24. The number of hydrogen-bond donors (Lipinski definition) is 1. The molecule has 1 N–H and O–H groups in total. The molecule has 0 radical (unpaired) electrons. The molecule has 0 aliphatic heterocycles. The van der Waals surface area contributed by atoms with Gasteiger partial charge in [0.2, 0.25) is 0 Å². The Morgan fingerprint density at radius 3 is 2.00 bits per heavy atom. The van der Waals surface area contributed by atoms with Crippen LogP contribution in [-0.2, 0) is 5.41 Å². The summed E-state index contributed by atoms with van der Waals surface area (Å²) in [6.07, 6.45) is 0. The monoisotopic (exact) mass is 247 g/mol. The Morgan fingerprint density at radius 2 is 1.67 bits per heavy atom. The van der Waals surface area contributed by atoms with Crippen molar-refractivity contribution in [3.63, 3.8) is 0 Å². The van der Waals surface area contributed by atoms with Crippen molar-refractivity contribution < 1.29 is 0 Å². The average molecular weight is 247 g/mol. The largest absolute Gasteiger partial charge is 0.387 e. The summed E-state index contributed by atoms with van der Waals surface area (Å²) in [6, 6.07) is 4.51. The molecular formula is C17H29N. The Balaban J connectivity index is 0.00000137. The zero-order valence-electron chi connectivity index (χ0n) is 13.4. The van der Waals surface area contributed by atoms with Gasteiger partial charge < -0.3 is 5.32 Å². The van der Waals surface area contributed by atoms with Crippen molar-refractivity contribution in [2.24, 2.45) is 0 Å². The Kier molecular flexibility index (Phi) is 6.17. The smallest absolute Gasteiger partial charge is 0.0443 e. The molecule has 0 saturated carbocycles. The molecule has 0 bridgehead atoms. The third kappa shape index (κ3) is 3.90. The molecule has 0 unspecified atom stereocenters. The molecule has 0 aliphatic carbocycles. The summed E-state index contributed by atoms with van der Waals surface area (Å²) in [5, 5.41) is 3.26. The molecule has 1 aromatic carbocycles. The number of rotatable bonds is 2. The first-order chi connectivity index (χ1) is 8.27. The molecule has 1 aromatic rings. The minimum Gasteiger partial charge on any atom is -0.387 e. The van der Waals surface area contributed by atoms with Crippen molar-refractivity contribution >= 4 is 11.3 Å². The molecule has 1 rings (SSSR count). The maximum Gasteiger partial charge on any atom is 0.0443 e. The molecular weight excluding hydrogens is 218 g/mol. The molecule has 18 heavy (non-hydrogen) atoms. The van der Waals surface area contributed by atoms with Crippen molar-refractivity contribution in [1.29, 1.82) is 0 Å². The van der Waals surface area contributed by atoms with Crippen molar-refractivity contribution in [2.45, 2.75) is 53.9 Å². The highest BCUT2D eigenvalue weighted by Crippen LogP contribution is 2.32. The lowest BCUT2D eigenvalue weighted by Crippen LogP contribution is -2.12. The maximum atomic E-state index is 4.06. The number of hydrogen-bond acceptors (Lipinski definition) is 1. The Morgan fingerprint density at radius 1 is 1.17 bits per heavy atom. The molecule has 0 saturated heterocycles. The molecule has 1 heteroatoms. The fourth-order valence-corrected chi connectivity index (χ4v) is 1.89. The van der Waals surface area contributed by atoms with Crippen LogP contribution in [0.15, 0.2) is 18.7 Å². The van der Waals surface area contributed by atoms with Gasteiger partial charge in [-0.15, -0.1) is 0 Å². The highest BCUT2D eigenvalue weighted by molar-refractivity contribution is 5.77. The second-order valence-electron chi connectivity index (χ2n) is 5.50. The van der Waals surface area contributed by atoms with E-state index in [1.54, 1.807) is 0 Å². The van der Waals surface area contributed by atoms with Crippen molar-refractivity contribution in [2.75, 3.05) is 12.4 Å². The summed E-state index contributed by atoms with van der Waals surface area (Å²) in [5.41, 5.74) is 6.36. The fraction of sp³-hybridized carbons (Fsp3) is 0.529. The van der Waals surface area contributed by atoms with E-state index in [1.807, 2.05) is 20.9 Å². The summed E-state index contributed by atoms with van der Waals surface area (Å²) in [5.74, 6) is 0. The highest BCUT2D eigenvalue weighted by Gasteiger charge is 2.17. The van der Waals surface area contributed by atoms with E-state index in [0.29, 0.717) is 0 Å². The topological polar surface area (TPSA) is 12.0 Å². The summed E-state index contributed by atoms with van der Waals surface area (Å²) in [7, 11) is 1.96. The molecule has 0 aromatic heterocycles. The van der Waals surface area contributed by atoms with Gasteiger partial charge in [0, 0.05) is 18.3 Å². The summed E-state index contributed by atoms with van der Waals surface area (Å²) in [4.78, 5) is 0. The predicted molar refractivity (Wildman–Crippen MR) is 85.5 cm³/mol. The average Bonchev–Trinajstić information content (AvgIpc) is 2.29. The molecule has 102 valence electrons. The second-order valence-corrected chi connectivity index (χ2v) is 5.50. The van der Waals surface area contributed by atoms with Crippen LogP contribution in [0.4, 0.5) is 5.69 Å². The first kappa shape index (κ1) is 16.8. The lowest BCUT2D eigenvalue weighted by molar-refractivity contribution is 0.589. The summed E-state index contributed by atoms with van der Waals surface area (Å²) >= 11 is 0. The standard InChI is InChI=1S/C15H23N.C2H6/c1-10(2)13-9-12(15(4,5)6)8-11(3)14(13)16-7;1-2/h8-9,16H,1H2,2-7H3;1-2H3. The number of anilines is 1. The molecule has 0 aliphatic rings.